The van der Waals surface area contributed by atoms with Crippen molar-refractivity contribution < 1.29 is 18.0 Å². The van der Waals surface area contributed by atoms with Crippen molar-refractivity contribution in [2.24, 2.45) is 0 Å². The lowest BCUT2D eigenvalue weighted by atomic mass is 10.2. The first-order valence-corrected chi connectivity index (χ1v) is 10.0. The summed E-state index contributed by atoms with van der Waals surface area (Å²) in [5.74, 6) is -1.11. The Morgan fingerprint density at radius 2 is 1.62 bits per heavy atom. The third kappa shape index (κ3) is 4.75. The number of nitrogens with one attached hydrogen (secondary N) is 1. The summed E-state index contributed by atoms with van der Waals surface area (Å²) in [7, 11) is -2.19. The van der Waals surface area contributed by atoms with E-state index in [2.05, 4.69) is 5.32 Å². The van der Waals surface area contributed by atoms with Gasteiger partial charge in [-0.1, -0.05) is 41.4 Å². The molecule has 2 aromatic carbocycles. The lowest BCUT2D eigenvalue weighted by molar-refractivity contribution is -0.116. The van der Waals surface area contributed by atoms with Gasteiger partial charge in [0.05, 0.1) is 32.7 Å². The number of sulfone groups is 1. The highest BCUT2D eigenvalue weighted by atomic mass is 35.5. The summed E-state index contributed by atoms with van der Waals surface area (Å²) in [6, 6.07) is 10.6. The number of benzene rings is 2. The van der Waals surface area contributed by atoms with Gasteiger partial charge in [0.15, 0.2) is 9.84 Å². The Morgan fingerprint density at radius 3 is 2.19 bits per heavy atom. The molecule has 2 aromatic rings. The average molecular weight is 415 g/mol. The molecule has 2 rings (SSSR count). The van der Waals surface area contributed by atoms with E-state index in [9.17, 15) is 18.0 Å². The molecule has 0 heterocycles. The molecule has 2 amide bonds. The van der Waals surface area contributed by atoms with Gasteiger partial charge in [-0.15, -0.1) is 0 Å². The van der Waals surface area contributed by atoms with Crippen LogP contribution in [0.4, 0.5) is 5.69 Å². The molecule has 0 aromatic heterocycles. The maximum absolute atomic E-state index is 12.6. The van der Waals surface area contributed by atoms with Gasteiger partial charge in [-0.3, -0.25) is 9.59 Å². The van der Waals surface area contributed by atoms with Crippen molar-refractivity contribution in [3.8, 4) is 0 Å². The van der Waals surface area contributed by atoms with E-state index in [1.54, 1.807) is 24.3 Å². The Balaban J connectivity index is 2.17. The molecule has 0 aliphatic rings. The standard InChI is InChI=1S/C17H16Cl2N2O4S/c1-21(10-15(22)20-16-12(18)7-5-8-13(16)19)17(23)11-6-3-4-9-14(11)26(2,24)25/h3-9H,10H2,1-2H3,(H,20,22). The molecule has 0 atom stereocenters. The molecule has 0 aliphatic heterocycles. The molecule has 0 spiro atoms. The molecule has 0 radical (unpaired) electrons. The van der Waals surface area contributed by atoms with Crippen LogP contribution in [0, 0.1) is 0 Å². The van der Waals surface area contributed by atoms with Gasteiger partial charge in [-0.2, -0.15) is 0 Å². The summed E-state index contributed by atoms with van der Waals surface area (Å²) in [6.45, 7) is -0.307. The normalized spacial score (nSPS) is 11.1. The first kappa shape index (κ1) is 20.2. The van der Waals surface area contributed by atoms with Gasteiger partial charge >= 0.3 is 0 Å². The van der Waals surface area contributed by atoms with Crippen molar-refractivity contribution in [1.82, 2.24) is 4.90 Å². The molecule has 0 fully saturated rings. The molecule has 0 aliphatic carbocycles. The maximum Gasteiger partial charge on any atom is 0.255 e. The van der Waals surface area contributed by atoms with Gasteiger partial charge in [0.1, 0.15) is 0 Å². The molecule has 9 heteroatoms. The van der Waals surface area contributed by atoms with Crippen molar-refractivity contribution in [3.05, 3.63) is 58.1 Å². The highest BCUT2D eigenvalue weighted by Crippen LogP contribution is 2.29. The molecule has 0 saturated carbocycles. The Morgan fingerprint density at radius 1 is 1.04 bits per heavy atom. The summed E-state index contributed by atoms with van der Waals surface area (Å²) in [6.07, 6.45) is 1.02. The molecule has 1 N–H and O–H groups in total. The number of halogens is 2. The summed E-state index contributed by atoms with van der Waals surface area (Å²) in [4.78, 5) is 25.8. The molecule has 138 valence electrons. The fourth-order valence-corrected chi connectivity index (χ4v) is 3.63. The third-order valence-electron chi connectivity index (χ3n) is 3.47. The van der Waals surface area contributed by atoms with Crippen molar-refractivity contribution in [2.75, 3.05) is 25.2 Å². The van der Waals surface area contributed by atoms with Crippen LogP contribution >= 0.6 is 23.2 Å². The first-order chi connectivity index (χ1) is 12.1. The van der Waals surface area contributed by atoms with E-state index in [0.717, 1.165) is 11.2 Å². The van der Waals surface area contributed by atoms with Crippen LogP contribution in [0.1, 0.15) is 10.4 Å². The Labute approximate surface area is 161 Å². The van der Waals surface area contributed by atoms with Crippen LogP contribution in [-0.4, -0.2) is 45.0 Å². The van der Waals surface area contributed by atoms with Gasteiger partial charge in [-0.25, -0.2) is 8.42 Å². The zero-order valence-corrected chi connectivity index (χ0v) is 16.3. The number of hydrogen-bond donors (Lipinski definition) is 1. The van der Waals surface area contributed by atoms with E-state index in [4.69, 9.17) is 23.2 Å². The highest BCUT2D eigenvalue weighted by Gasteiger charge is 2.22. The second-order valence-corrected chi connectivity index (χ2v) is 8.37. The van der Waals surface area contributed by atoms with Crippen LogP contribution in [0.2, 0.25) is 10.0 Å². The van der Waals surface area contributed by atoms with Gasteiger partial charge in [0.25, 0.3) is 5.91 Å². The van der Waals surface area contributed by atoms with Crippen molar-refractivity contribution in [1.29, 1.82) is 0 Å². The van der Waals surface area contributed by atoms with Crippen LogP contribution in [0.5, 0.6) is 0 Å². The van der Waals surface area contributed by atoms with Gasteiger partial charge < -0.3 is 10.2 Å². The van der Waals surface area contributed by atoms with E-state index in [1.165, 1.54) is 25.2 Å². The van der Waals surface area contributed by atoms with Crippen LogP contribution in [0.15, 0.2) is 47.4 Å². The predicted octanol–water partition coefficient (Wildman–Crippen LogP) is 3.11. The zero-order valence-electron chi connectivity index (χ0n) is 14.0. The lowest BCUT2D eigenvalue weighted by Gasteiger charge is -2.18. The number of likely N-dealkylation sites (N-methyl/N-ethyl adjacent to an activating group) is 1. The first-order valence-electron chi connectivity index (χ1n) is 7.39. The van der Waals surface area contributed by atoms with Crippen LogP contribution < -0.4 is 5.32 Å². The molecule has 0 saturated heterocycles. The molecule has 6 nitrogen and oxygen atoms in total. The monoisotopic (exact) mass is 414 g/mol. The topological polar surface area (TPSA) is 83.6 Å². The quantitative estimate of drug-likeness (QED) is 0.814. The molecule has 26 heavy (non-hydrogen) atoms. The average Bonchev–Trinajstić information content (AvgIpc) is 2.57. The second-order valence-electron chi connectivity index (χ2n) is 5.57. The summed E-state index contributed by atoms with van der Waals surface area (Å²) in [5, 5.41) is 3.08. The number of carbonyl (C=O) groups excluding carboxylic acids is 2. The number of nitrogens with zero attached hydrogens (tertiary/aromatic N) is 1. The van der Waals surface area contributed by atoms with E-state index in [-0.39, 0.29) is 32.7 Å². The maximum atomic E-state index is 12.6. The Hall–Kier alpha value is -2.09. The number of hydrogen-bond acceptors (Lipinski definition) is 4. The lowest BCUT2D eigenvalue weighted by Crippen LogP contribution is -2.35. The summed E-state index contributed by atoms with van der Waals surface area (Å²) < 4.78 is 23.7. The minimum absolute atomic E-state index is 0.000996. The number of anilines is 1. The van der Waals surface area contributed by atoms with Crippen LogP contribution in [0.25, 0.3) is 0 Å². The fourth-order valence-electron chi connectivity index (χ4n) is 2.26. The van der Waals surface area contributed by atoms with Crippen molar-refractivity contribution in [2.45, 2.75) is 4.90 Å². The second kappa shape index (κ2) is 8.07. The minimum Gasteiger partial charge on any atom is -0.332 e. The van der Waals surface area contributed by atoms with Gasteiger partial charge in [0.2, 0.25) is 5.91 Å². The Kier molecular flexibility index (Phi) is 6.28. The van der Waals surface area contributed by atoms with Gasteiger partial charge in [-0.05, 0) is 24.3 Å². The van der Waals surface area contributed by atoms with Crippen LogP contribution in [0.3, 0.4) is 0 Å². The highest BCUT2D eigenvalue weighted by molar-refractivity contribution is 7.90. The summed E-state index contributed by atoms with van der Waals surface area (Å²) >= 11 is 12.0. The molecular weight excluding hydrogens is 399 g/mol. The largest absolute Gasteiger partial charge is 0.332 e. The van der Waals surface area contributed by atoms with Crippen molar-refractivity contribution >= 4 is 50.5 Å². The summed E-state index contributed by atoms with van der Waals surface area (Å²) in [5.41, 5.74) is 0.249. The van der Waals surface area contributed by atoms with Gasteiger partial charge in [0, 0.05) is 13.3 Å². The van der Waals surface area contributed by atoms with E-state index >= 15 is 0 Å². The number of amides is 2. The number of carbonyl (C=O) groups is 2. The SMILES string of the molecule is CN(CC(=O)Nc1c(Cl)cccc1Cl)C(=O)c1ccccc1S(C)(=O)=O. The van der Waals surface area contributed by atoms with Crippen molar-refractivity contribution in [3.63, 3.8) is 0 Å². The fraction of sp³-hybridized carbons (Fsp3) is 0.176. The molecule has 0 bridgehead atoms. The van der Waals surface area contributed by atoms with E-state index < -0.39 is 21.7 Å². The van der Waals surface area contributed by atoms with E-state index in [0.29, 0.717) is 0 Å². The Bertz CT molecular complexity index is 941. The van der Waals surface area contributed by atoms with Crippen LogP contribution in [-0.2, 0) is 14.6 Å². The molecule has 0 unspecified atom stereocenters. The third-order valence-corrected chi connectivity index (χ3v) is 5.26. The number of rotatable bonds is 5. The predicted molar refractivity (Wildman–Crippen MR) is 102 cm³/mol. The molecular formula is C17H16Cl2N2O4S. The van der Waals surface area contributed by atoms with E-state index in [1.807, 2.05) is 0 Å². The smallest absolute Gasteiger partial charge is 0.255 e. The minimum atomic E-state index is -3.58. The zero-order chi connectivity index (χ0) is 19.5. The number of para-hydroxylation sites is 1.